The molecule has 2 N–H and O–H groups in total. The van der Waals surface area contributed by atoms with Crippen LogP contribution in [-0.4, -0.2) is 6.04 Å². The van der Waals surface area contributed by atoms with Crippen LogP contribution in [0.3, 0.4) is 0 Å². The van der Waals surface area contributed by atoms with E-state index in [-0.39, 0.29) is 6.04 Å². The minimum atomic E-state index is 0.0783. The molecule has 0 radical (unpaired) electrons. The van der Waals surface area contributed by atoms with Crippen LogP contribution in [0.25, 0.3) is 0 Å². The molecule has 2 atom stereocenters. The lowest BCUT2D eigenvalue weighted by molar-refractivity contribution is 0.525. The highest BCUT2D eigenvalue weighted by molar-refractivity contribution is 6.33. The van der Waals surface area contributed by atoms with Crippen molar-refractivity contribution in [1.82, 2.24) is 0 Å². The summed E-state index contributed by atoms with van der Waals surface area (Å²) in [5.74, 6) is 0.418. The van der Waals surface area contributed by atoms with E-state index < -0.39 is 0 Å². The number of nitrogens with two attached hydrogens (primary N) is 1. The molecule has 0 saturated carbocycles. The van der Waals surface area contributed by atoms with E-state index in [1.54, 1.807) is 0 Å². The van der Waals surface area contributed by atoms with Gasteiger partial charge in [0.15, 0.2) is 0 Å². The number of benzene rings is 2. The van der Waals surface area contributed by atoms with Gasteiger partial charge in [-0.05, 0) is 60.1 Å². The number of rotatable bonds is 3. The normalized spacial score (nSPS) is 18.9. The molecule has 0 saturated heterocycles. The zero-order chi connectivity index (χ0) is 14.1. The molecular weight excluding hydrogens is 289 g/mol. The molecule has 1 aliphatic rings. The van der Waals surface area contributed by atoms with E-state index in [4.69, 9.17) is 28.9 Å². The fourth-order valence-electron chi connectivity index (χ4n) is 3.13. The lowest BCUT2D eigenvalue weighted by Gasteiger charge is -2.21. The molecule has 0 bridgehead atoms. The maximum absolute atomic E-state index is 6.44. The van der Waals surface area contributed by atoms with Crippen LogP contribution in [0.4, 0.5) is 0 Å². The average Bonchev–Trinajstić information content (AvgIpc) is 2.87. The second-order valence-corrected chi connectivity index (χ2v) is 6.29. The number of hydrogen-bond donors (Lipinski definition) is 1. The van der Waals surface area contributed by atoms with E-state index in [0.717, 1.165) is 29.8 Å². The van der Waals surface area contributed by atoms with Crippen molar-refractivity contribution in [2.75, 3.05) is 0 Å². The van der Waals surface area contributed by atoms with E-state index in [2.05, 4.69) is 24.3 Å². The Bertz CT molecular complexity index is 624. The molecule has 2 unspecified atom stereocenters. The summed E-state index contributed by atoms with van der Waals surface area (Å²) >= 11 is 12.3. The van der Waals surface area contributed by atoms with Crippen LogP contribution in [0.2, 0.25) is 10.0 Å². The van der Waals surface area contributed by atoms with Gasteiger partial charge < -0.3 is 5.73 Å². The molecule has 3 rings (SSSR count). The van der Waals surface area contributed by atoms with Crippen LogP contribution in [-0.2, 0) is 12.8 Å². The third-order valence-corrected chi connectivity index (χ3v) is 4.76. The van der Waals surface area contributed by atoms with Crippen molar-refractivity contribution in [2.45, 2.75) is 31.2 Å². The fourth-order valence-corrected chi connectivity index (χ4v) is 3.52. The van der Waals surface area contributed by atoms with Gasteiger partial charge in [-0.3, -0.25) is 0 Å². The number of aryl methyl sites for hydroxylation is 1. The van der Waals surface area contributed by atoms with Gasteiger partial charge in [0, 0.05) is 16.1 Å². The molecule has 1 aliphatic carbocycles. The van der Waals surface area contributed by atoms with Crippen molar-refractivity contribution in [1.29, 1.82) is 0 Å². The van der Waals surface area contributed by atoms with Gasteiger partial charge in [-0.25, -0.2) is 0 Å². The lowest BCUT2D eigenvalue weighted by atomic mass is 9.89. The number of halogens is 2. The van der Waals surface area contributed by atoms with E-state index in [1.165, 1.54) is 11.1 Å². The second kappa shape index (κ2) is 5.77. The highest BCUT2D eigenvalue weighted by Gasteiger charge is 2.27. The third kappa shape index (κ3) is 2.71. The monoisotopic (exact) mass is 305 g/mol. The Morgan fingerprint density at radius 3 is 2.80 bits per heavy atom. The van der Waals surface area contributed by atoms with Crippen molar-refractivity contribution < 1.29 is 0 Å². The average molecular weight is 306 g/mol. The first-order valence-electron chi connectivity index (χ1n) is 6.92. The molecule has 0 spiro atoms. The van der Waals surface area contributed by atoms with Crippen LogP contribution < -0.4 is 5.73 Å². The summed E-state index contributed by atoms with van der Waals surface area (Å²) in [6, 6.07) is 14.2. The minimum Gasteiger partial charge on any atom is -0.327 e. The van der Waals surface area contributed by atoms with Gasteiger partial charge in [-0.1, -0.05) is 47.5 Å². The van der Waals surface area contributed by atoms with Gasteiger partial charge >= 0.3 is 0 Å². The summed E-state index contributed by atoms with van der Waals surface area (Å²) < 4.78 is 0. The van der Waals surface area contributed by atoms with Crippen LogP contribution in [0.1, 0.15) is 29.0 Å². The third-order valence-electron chi connectivity index (χ3n) is 4.16. The quantitative estimate of drug-likeness (QED) is 0.881. The molecular formula is C17H17Cl2N. The summed E-state index contributed by atoms with van der Waals surface area (Å²) in [6.45, 7) is 0. The first-order chi connectivity index (χ1) is 9.65. The first kappa shape index (κ1) is 13.9. The molecule has 3 heteroatoms. The van der Waals surface area contributed by atoms with Crippen LogP contribution >= 0.6 is 23.2 Å². The maximum Gasteiger partial charge on any atom is 0.0439 e. The first-order valence-corrected chi connectivity index (χ1v) is 7.68. The fraction of sp³-hybridized carbons (Fsp3) is 0.294. The SMILES string of the molecule is NC(Cc1cc(Cl)ccc1Cl)C1CCc2ccccc21. The van der Waals surface area contributed by atoms with Gasteiger partial charge in [0.25, 0.3) is 0 Å². The summed E-state index contributed by atoms with van der Waals surface area (Å²) in [7, 11) is 0. The Hall–Kier alpha value is -1.02. The van der Waals surface area contributed by atoms with E-state index in [9.17, 15) is 0 Å². The largest absolute Gasteiger partial charge is 0.327 e. The smallest absolute Gasteiger partial charge is 0.0439 e. The van der Waals surface area contributed by atoms with Crippen molar-refractivity contribution in [3.63, 3.8) is 0 Å². The highest BCUT2D eigenvalue weighted by atomic mass is 35.5. The standard InChI is InChI=1S/C17H17Cl2N/c18-13-6-8-16(19)12(9-13)10-17(20)15-7-5-11-3-1-2-4-14(11)15/h1-4,6,8-9,15,17H,5,7,10,20H2. The Morgan fingerprint density at radius 1 is 1.15 bits per heavy atom. The van der Waals surface area contributed by atoms with Crippen LogP contribution in [0.15, 0.2) is 42.5 Å². The number of hydrogen-bond acceptors (Lipinski definition) is 1. The summed E-state index contributed by atoms with van der Waals surface area (Å²) in [4.78, 5) is 0. The van der Waals surface area contributed by atoms with Crippen LogP contribution in [0, 0.1) is 0 Å². The lowest BCUT2D eigenvalue weighted by Crippen LogP contribution is -2.29. The number of fused-ring (bicyclic) bond motifs is 1. The predicted molar refractivity (Wildman–Crippen MR) is 85.6 cm³/mol. The molecule has 0 fully saturated rings. The topological polar surface area (TPSA) is 26.0 Å². The second-order valence-electron chi connectivity index (χ2n) is 5.45. The molecule has 104 valence electrons. The van der Waals surface area contributed by atoms with E-state index in [1.807, 2.05) is 18.2 Å². The summed E-state index contributed by atoms with van der Waals surface area (Å²) in [5.41, 5.74) is 10.3. The molecule has 2 aromatic rings. The Morgan fingerprint density at radius 2 is 1.95 bits per heavy atom. The predicted octanol–water partition coefficient (Wildman–Crippen LogP) is 4.59. The Labute approximate surface area is 129 Å². The molecule has 0 aromatic heterocycles. The van der Waals surface area contributed by atoms with E-state index >= 15 is 0 Å². The minimum absolute atomic E-state index is 0.0783. The van der Waals surface area contributed by atoms with E-state index in [0.29, 0.717) is 10.9 Å². The van der Waals surface area contributed by atoms with Crippen molar-refractivity contribution in [3.05, 3.63) is 69.2 Å². The van der Waals surface area contributed by atoms with Crippen molar-refractivity contribution in [2.24, 2.45) is 5.73 Å². The molecule has 1 nitrogen and oxygen atoms in total. The van der Waals surface area contributed by atoms with Gasteiger partial charge in [0.05, 0.1) is 0 Å². The molecule has 0 amide bonds. The summed E-state index contributed by atoms with van der Waals surface area (Å²) in [5, 5.41) is 1.46. The highest BCUT2D eigenvalue weighted by Crippen LogP contribution is 2.36. The van der Waals surface area contributed by atoms with Gasteiger partial charge in [0.2, 0.25) is 0 Å². The molecule has 20 heavy (non-hydrogen) atoms. The van der Waals surface area contributed by atoms with Gasteiger partial charge in [-0.2, -0.15) is 0 Å². The van der Waals surface area contributed by atoms with Gasteiger partial charge in [0.1, 0.15) is 0 Å². The molecule has 2 aromatic carbocycles. The van der Waals surface area contributed by atoms with Crippen molar-refractivity contribution in [3.8, 4) is 0 Å². The van der Waals surface area contributed by atoms with Crippen LogP contribution in [0.5, 0.6) is 0 Å². The maximum atomic E-state index is 6.44. The Kier molecular flexibility index (Phi) is 4.02. The summed E-state index contributed by atoms with van der Waals surface area (Å²) in [6.07, 6.45) is 3.01. The molecule has 0 heterocycles. The zero-order valence-electron chi connectivity index (χ0n) is 11.2. The van der Waals surface area contributed by atoms with Crippen molar-refractivity contribution >= 4 is 23.2 Å². The Balaban J connectivity index is 1.81. The van der Waals surface area contributed by atoms with Gasteiger partial charge in [-0.15, -0.1) is 0 Å². The zero-order valence-corrected chi connectivity index (χ0v) is 12.7. The molecule has 0 aliphatic heterocycles.